The summed E-state index contributed by atoms with van der Waals surface area (Å²) in [6.45, 7) is 8.72. The average molecular weight is 597 g/mol. The molecule has 0 bridgehead atoms. The molecule has 1 fully saturated rings. The first kappa shape index (κ1) is 33.6. The number of carbonyl (C=O) groups excluding carboxylic acids is 5. The molecule has 0 saturated carbocycles. The van der Waals surface area contributed by atoms with E-state index in [1.165, 1.54) is 20.8 Å². The van der Waals surface area contributed by atoms with E-state index >= 15 is 0 Å². The first-order chi connectivity index (χ1) is 20.4. The van der Waals surface area contributed by atoms with Crippen LogP contribution in [-0.2, 0) is 49.3 Å². The Bertz CT molecular complexity index is 1270. The molecule has 0 unspecified atom stereocenters. The van der Waals surface area contributed by atoms with E-state index in [1.807, 2.05) is 44.2 Å². The highest BCUT2D eigenvalue weighted by Crippen LogP contribution is 2.32. The van der Waals surface area contributed by atoms with Gasteiger partial charge in [0.25, 0.3) is 0 Å². The van der Waals surface area contributed by atoms with Crippen molar-refractivity contribution >= 4 is 29.5 Å². The van der Waals surface area contributed by atoms with Gasteiger partial charge in [-0.05, 0) is 17.0 Å². The van der Waals surface area contributed by atoms with Crippen LogP contribution >= 0.6 is 0 Å². The zero-order valence-corrected chi connectivity index (χ0v) is 25.4. The molecule has 0 aliphatic carbocycles. The van der Waals surface area contributed by atoms with Gasteiger partial charge in [-0.1, -0.05) is 75.4 Å². The van der Waals surface area contributed by atoms with Gasteiger partial charge in [0.05, 0.1) is 0 Å². The second-order valence-corrected chi connectivity index (χ2v) is 11.1. The predicted molar refractivity (Wildman–Crippen MR) is 155 cm³/mol. The molecule has 0 N–H and O–H groups in total. The quantitative estimate of drug-likeness (QED) is 0.188. The maximum atomic E-state index is 13.2. The van der Waals surface area contributed by atoms with Crippen molar-refractivity contribution < 1.29 is 47.7 Å². The van der Waals surface area contributed by atoms with Gasteiger partial charge in [0, 0.05) is 44.6 Å². The van der Waals surface area contributed by atoms with Gasteiger partial charge in [0.1, 0.15) is 31.2 Å². The molecular formula is C33H40O10. The maximum Gasteiger partial charge on any atom is 0.303 e. The third-order valence-electron chi connectivity index (χ3n) is 7.21. The lowest BCUT2D eigenvalue weighted by Gasteiger charge is -2.43. The third kappa shape index (κ3) is 9.56. The van der Waals surface area contributed by atoms with E-state index in [2.05, 4.69) is 0 Å². The minimum Gasteiger partial charge on any atom is -0.463 e. The Morgan fingerprint density at radius 2 is 1.42 bits per heavy atom. The molecule has 2 aromatic rings. The number of benzene rings is 2. The topological polar surface area (TPSA) is 132 Å². The van der Waals surface area contributed by atoms with Crippen molar-refractivity contribution in [1.29, 1.82) is 0 Å². The predicted octanol–water partition coefficient (Wildman–Crippen LogP) is 4.22. The Balaban J connectivity index is 1.67. The van der Waals surface area contributed by atoms with Gasteiger partial charge in [0.2, 0.25) is 0 Å². The van der Waals surface area contributed by atoms with Crippen LogP contribution in [0.4, 0.5) is 0 Å². The van der Waals surface area contributed by atoms with Crippen LogP contribution in [0.15, 0.2) is 54.6 Å². The van der Waals surface area contributed by atoms with Crippen LogP contribution in [0.3, 0.4) is 0 Å². The van der Waals surface area contributed by atoms with Gasteiger partial charge in [-0.2, -0.15) is 0 Å². The highest BCUT2D eigenvalue weighted by atomic mass is 16.7. The summed E-state index contributed by atoms with van der Waals surface area (Å²) >= 11 is 0. The molecule has 0 radical (unpaired) electrons. The van der Waals surface area contributed by atoms with E-state index < -0.39 is 48.4 Å². The number of ketones is 2. The van der Waals surface area contributed by atoms with E-state index in [1.54, 1.807) is 31.2 Å². The highest BCUT2D eigenvalue weighted by Gasteiger charge is 2.49. The molecule has 1 saturated heterocycles. The number of carbonyl (C=O) groups is 5. The second kappa shape index (κ2) is 15.5. The number of esters is 3. The largest absolute Gasteiger partial charge is 0.463 e. The van der Waals surface area contributed by atoms with Crippen LogP contribution in [0.1, 0.15) is 68.9 Å². The Morgan fingerprint density at radius 1 is 0.814 bits per heavy atom. The van der Waals surface area contributed by atoms with Crippen LogP contribution in [0.5, 0.6) is 0 Å². The monoisotopic (exact) mass is 596 g/mol. The van der Waals surface area contributed by atoms with Gasteiger partial charge in [0.15, 0.2) is 18.2 Å². The lowest BCUT2D eigenvalue weighted by molar-refractivity contribution is -0.286. The molecule has 6 atom stereocenters. The van der Waals surface area contributed by atoms with Crippen LogP contribution in [0.25, 0.3) is 0 Å². The fraction of sp³-hybridized carbons (Fsp3) is 0.485. The van der Waals surface area contributed by atoms with Crippen LogP contribution in [0, 0.1) is 11.8 Å². The smallest absolute Gasteiger partial charge is 0.303 e. The SMILES string of the molecule is CC(=O)OC[C@H]1O[C@@H](OCC(=O)c2ccc(CC(=O)[C@H](c3ccccc3)C(C)C)cc2)[C@H](C)[C@@H](OC(C)=O)[C@H]1OC(C)=O. The molecule has 10 heteroatoms. The van der Waals surface area contributed by atoms with Crippen LogP contribution in [0.2, 0.25) is 0 Å². The van der Waals surface area contributed by atoms with Gasteiger partial charge >= 0.3 is 17.9 Å². The average Bonchev–Trinajstić information content (AvgIpc) is 2.94. The summed E-state index contributed by atoms with van der Waals surface area (Å²) in [6, 6.07) is 16.5. The lowest BCUT2D eigenvalue weighted by Crippen LogP contribution is -2.58. The maximum absolute atomic E-state index is 13.2. The Kier molecular flexibility index (Phi) is 12.1. The molecule has 0 amide bonds. The molecule has 232 valence electrons. The minimum absolute atomic E-state index is 0.102. The molecule has 10 nitrogen and oxygen atoms in total. The molecule has 2 aromatic carbocycles. The van der Waals surface area contributed by atoms with Crippen molar-refractivity contribution in [2.75, 3.05) is 13.2 Å². The second-order valence-electron chi connectivity index (χ2n) is 11.1. The van der Waals surface area contributed by atoms with E-state index in [-0.39, 0.29) is 43.0 Å². The summed E-state index contributed by atoms with van der Waals surface area (Å²) in [5, 5.41) is 0. The van der Waals surface area contributed by atoms with Crippen molar-refractivity contribution in [2.24, 2.45) is 11.8 Å². The Labute approximate surface area is 252 Å². The number of Topliss-reactive ketones (excluding diaryl/α,β-unsaturated/α-hetero) is 2. The molecule has 0 spiro atoms. The van der Waals surface area contributed by atoms with Gasteiger partial charge < -0.3 is 23.7 Å². The summed E-state index contributed by atoms with van der Waals surface area (Å²) in [5.41, 5.74) is 2.16. The zero-order valence-electron chi connectivity index (χ0n) is 25.4. The fourth-order valence-corrected chi connectivity index (χ4v) is 5.23. The van der Waals surface area contributed by atoms with Crippen molar-refractivity contribution in [1.82, 2.24) is 0 Å². The summed E-state index contributed by atoms with van der Waals surface area (Å²) in [6.07, 6.45) is -3.84. The number of rotatable bonds is 13. The van der Waals surface area contributed by atoms with Gasteiger partial charge in [-0.25, -0.2) is 0 Å². The molecule has 43 heavy (non-hydrogen) atoms. The Morgan fingerprint density at radius 3 is 1.98 bits per heavy atom. The molecule has 1 heterocycles. The molecule has 1 aliphatic heterocycles. The van der Waals surface area contributed by atoms with Crippen LogP contribution in [-0.4, -0.2) is 67.3 Å². The van der Waals surface area contributed by atoms with Crippen LogP contribution < -0.4 is 0 Å². The number of hydrogen-bond donors (Lipinski definition) is 0. The summed E-state index contributed by atoms with van der Waals surface area (Å²) in [5.74, 6) is -2.79. The summed E-state index contributed by atoms with van der Waals surface area (Å²) in [4.78, 5) is 61.3. The number of ether oxygens (including phenoxy) is 5. The lowest BCUT2D eigenvalue weighted by atomic mass is 9.83. The molecule has 1 aliphatic rings. The molecule has 3 rings (SSSR count). The summed E-state index contributed by atoms with van der Waals surface area (Å²) < 4.78 is 27.7. The summed E-state index contributed by atoms with van der Waals surface area (Å²) in [7, 11) is 0. The third-order valence-corrected chi connectivity index (χ3v) is 7.21. The molecular weight excluding hydrogens is 556 g/mol. The van der Waals surface area contributed by atoms with E-state index in [9.17, 15) is 24.0 Å². The first-order valence-corrected chi connectivity index (χ1v) is 14.3. The van der Waals surface area contributed by atoms with Crippen molar-refractivity contribution in [3.05, 3.63) is 71.3 Å². The Hall–Kier alpha value is -3.89. The standard InChI is InChI=1S/C33H40O10/c1-19(2)30(26-10-8-7-9-11-26)27(37)16-24-12-14-25(15-13-24)28(38)17-40-33-20(3)31(41-22(5)35)32(42-23(6)36)29(43-33)18-39-21(4)34/h7-15,19-20,29-33H,16-18H2,1-6H3/t20-,29-,30+,31-,32+,33-/m1/s1. The van der Waals surface area contributed by atoms with E-state index in [0.29, 0.717) is 5.56 Å². The van der Waals surface area contributed by atoms with Crippen molar-refractivity contribution in [3.8, 4) is 0 Å². The normalized spacial score (nSPS) is 22.3. The van der Waals surface area contributed by atoms with Crippen molar-refractivity contribution in [3.63, 3.8) is 0 Å². The highest BCUT2D eigenvalue weighted by molar-refractivity contribution is 5.97. The zero-order chi connectivity index (χ0) is 31.7. The van der Waals surface area contributed by atoms with Gasteiger partial charge in [-0.15, -0.1) is 0 Å². The fourth-order valence-electron chi connectivity index (χ4n) is 5.23. The number of hydrogen-bond acceptors (Lipinski definition) is 10. The van der Waals surface area contributed by atoms with Gasteiger partial charge in [-0.3, -0.25) is 24.0 Å². The first-order valence-electron chi connectivity index (χ1n) is 14.3. The minimum atomic E-state index is -1.06. The molecule has 0 aromatic heterocycles. The van der Waals surface area contributed by atoms with E-state index in [0.717, 1.165) is 11.1 Å². The van der Waals surface area contributed by atoms with Crippen molar-refractivity contribution in [2.45, 2.75) is 78.5 Å². The van der Waals surface area contributed by atoms with E-state index in [4.69, 9.17) is 23.7 Å².